The number of carbonyl (C=O) groups excluding carboxylic acids is 2. The van der Waals surface area contributed by atoms with E-state index in [4.69, 9.17) is 0 Å². The van der Waals surface area contributed by atoms with Crippen LogP contribution in [0.4, 0.5) is 0 Å². The van der Waals surface area contributed by atoms with Crippen LogP contribution in [-0.4, -0.2) is 30.9 Å². The highest BCUT2D eigenvalue weighted by atomic mass is 79.9. The van der Waals surface area contributed by atoms with Crippen LogP contribution in [0.25, 0.3) is 0 Å². The van der Waals surface area contributed by atoms with E-state index in [1.807, 2.05) is 38.1 Å². The zero-order valence-electron chi connectivity index (χ0n) is 14.2. The summed E-state index contributed by atoms with van der Waals surface area (Å²) in [6.45, 7) is 4.06. The van der Waals surface area contributed by atoms with Crippen molar-refractivity contribution in [3.8, 4) is 0 Å². The molecule has 4 N–H and O–H groups in total. The van der Waals surface area contributed by atoms with Crippen LogP contribution in [0.5, 0.6) is 0 Å². The molecule has 6 nitrogen and oxygen atoms in total. The van der Waals surface area contributed by atoms with E-state index in [-0.39, 0.29) is 23.9 Å². The van der Waals surface area contributed by atoms with Gasteiger partial charge in [-0.3, -0.25) is 9.59 Å². The van der Waals surface area contributed by atoms with Gasteiger partial charge in [0.25, 0.3) is 0 Å². The van der Waals surface area contributed by atoms with E-state index >= 15 is 0 Å². The van der Waals surface area contributed by atoms with Crippen molar-refractivity contribution in [2.24, 2.45) is 5.92 Å². The molecule has 1 aliphatic heterocycles. The lowest BCUT2D eigenvalue weighted by Crippen LogP contribution is -2.52. The molecule has 1 fully saturated rings. The van der Waals surface area contributed by atoms with Gasteiger partial charge in [-0.15, -0.1) is 0 Å². The molecule has 0 aliphatic carbocycles. The van der Waals surface area contributed by atoms with Crippen molar-refractivity contribution in [2.75, 3.05) is 7.05 Å². The standard InChI is InChI=1S/C17H25BrN4O2/c1-10(2)8-14(16(23)19-3)20-17(24)15-9-13(21-22-15)11-4-6-12(18)7-5-11/h4-7,10,13-15,21-22H,8-9H2,1-3H3,(H,19,23)(H,20,24). The van der Waals surface area contributed by atoms with Crippen LogP contribution in [0.1, 0.15) is 38.3 Å². The maximum Gasteiger partial charge on any atom is 0.242 e. The third-order valence-electron chi connectivity index (χ3n) is 4.08. The van der Waals surface area contributed by atoms with Gasteiger partial charge in [-0.05, 0) is 36.5 Å². The van der Waals surface area contributed by atoms with Gasteiger partial charge < -0.3 is 10.6 Å². The van der Waals surface area contributed by atoms with Gasteiger partial charge in [0.15, 0.2) is 0 Å². The molecule has 0 radical (unpaired) electrons. The van der Waals surface area contributed by atoms with Crippen LogP contribution in [-0.2, 0) is 9.59 Å². The Morgan fingerprint density at radius 3 is 2.50 bits per heavy atom. The molecule has 3 unspecified atom stereocenters. The minimum atomic E-state index is -0.504. The predicted molar refractivity (Wildman–Crippen MR) is 97.0 cm³/mol. The van der Waals surface area contributed by atoms with E-state index in [9.17, 15) is 9.59 Å². The number of rotatable bonds is 6. The Kier molecular flexibility index (Phi) is 6.77. The molecule has 7 heteroatoms. The molecule has 0 saturated carbocycles. The highest BCUT2D eigenvalue weighted by Gasteiger charge is 2.32. The largest absolute Gasteiger partial charge is 0.357 e. The molecule has 1 aromatic carbocycles. The number of hydrogen-bond acceptors (Lipinski definition) is 4. The van der Waals surface area contributed by atoms with E-state index in [0.717, 1.165) is 10.0 Å². The number of hydrazine groups is 1. The second kappa shape index (κ2) is 8.60. The van der Waals surface area contributed by atoms with Gasteiger partial charge in [-0.1, -0.05) is 41.9 Å². The van der Waals surface area contributed by atoms with Crippen molar-refractivity contribution >= 4 is 27.7 Å². The fourth-order valence-corrected chi connectivity index (χ4v) is 3.06. The van der Waals surface area contributed by atoms with Crippen LogP contribution < -0.4 is 21.5 Å². The molecule has 0 spiro atoms. The highest BCUT2D eigenvalue weighted by Crippen LogP contribution is 2.24. The molecule has 0 aromatic heterocycles. The van der Waals surface area contributed by atoms with Crippen LogP contribution >= 0.6 is 15.9 Å². The number of likely N-dealkylation sites (N-methyl/N-ethyl adjacent to an activating group) is 1. The van der Waals surface area contributed by atoms with E-state index in [2.05, 4.69) is 37.4 Å². The molecule has 1 aromatic rings. The molecule has 1 aliphatic rings. The molecule has 1 saturated heterocycles. The summed E-state index contributed by atoms with van der Waals surface area (Å²) < 4.78 is 1.02. The average molecular weight is 397 g/mol. The van der Waals surface area contributed by atoms with E-state index < -0.39 is 6.04 Å². The summed E-state index contributed by atoms with van der Waals surface area (Å²) in [5.74, 6) is 0.00148. The minimum absolute atomic E-state index is 0.0670. The zero-order valence-corrected chi connectivity index (χ0v) is 15.8. The second-order valence-electron chi connectivity index (χ2n) is 6.49. The molecule has 1 heterocycles. The van der Waals surface area contributed by atoms with E-state index in [1.165, 1.54) is 0 Å². The van der Waals surface area contributed by atoms with Gasteiger partial charge in [0, 0.05) is 17.6 Å². The van der Waals surface area contributed by atoms with Crippen molar-refractivity contribution in [1.29, 1.82) is 0 Å². The lowest BCUT2D eigenvalue weighted by Gasteiger charge is -2.21. The smallest absolute Gasteiger partial charge is 0.242 e. The lowest BCUT2D eigenvalue weighted by molar-refractivity contribution is -0.130. The first-order valence-electron chi connectivity index (χ1n) is 8.19. The van der Waals surface area contributed by atoms with Crippen LogP contribution in [0, 0.1) is 5.92 Å². The average Bonchev–Trinajstić information content (AvgIpc) is 3.03. The zero-order chi connectivity index (χ0) is 17.7. The molecule has 0 bridgehead atoms. The SMILES string of the molecule is CNC(=O)C(CC(C)C)NC(=O)C1CC(c2ccc(Br)cc2)NN1. The van der Waals surface area contributed by atoms with Gasteiger partial charge in [0.05, 0.1) is 0 Å². The molecular weight excluding hydrogens is 372 g/mol. The Morgan fingerprint density at radius 2 is 1.92 bits per heavy atom. The summed E-state index contributed by atoms with van der Waals surface area (Å²) in [6, 6.07) is 7.21. The summed E-state index contributed by atoms with van der Waals surface area (Å²) in [6.07, 6.45) is 1.25. The number of benzene rings is 1. The van der Waals surface area contributed by atoms with E-state index in [0.29, 0.717) is 18.8 Å². The lowest BCUT2D eigenvalue weighted by atomic mass is 10.00. The number of amides is 2. The molecule has 3 atom stereocenters. The molecule has 132 valence electrons. The molecule has 24 heavy (non-hydrogen) atoms. The number of halogens is 1. The first-order chi connectivity index (χ1) is 11.4. The molecular formula is C17H25BrN4O2. The Bertz CT molecular complexity index is 576. The van der Waals surface area contributed by atoms with Crippen molar-refractivity contribution in [1.82, 2.24) is 21.5 Å². The fraction of sp³-hybridized carbons (Fsp3) is 0.529. The summed E-state index contributed by atoms with van der Waals surface area (Å²) in [5, 5.41) is 5.47. The number of nitrogens with one attached hydrogen (secondary N) is 4. The van der Waals surface area contributed by atoms with Gasteiger partial charge >= 0.3 is 0 Å². The quantitative estimate of drug-likeness (QED) is 0.588. The van der Waals surface area contributed by atoms with Crippen LogP contribution in [0.2, 0.25) is 0 Å². The number of carbonyl (C=O) groups is 2. The first-order valence-corrected chi connectivity index (χ1v) is 8.98. The van der Waals surface area contributed by atoms with Crippen molar-refractivity contribution in [3.05, 3.63) is 34.3 Å². The molecule has 2 amide bonds. The van der Waals surface area contributed by atoms with Gasteiger partial charge in [-0.2, -0.15) is 0 Å². The van der Waals surface area contributed by atoms with Crippen molar-refractivity contribution in [3.63, 3.8) is 0 Å². The summed E-state index contributed by atoms with van der Waals surface area (Å²) in [5.41, 5.74) is 7.30. The Balaban J connectivity index is 1.95. The first kappa shape index (κ1) is 18.9. The van der Waals surface area contributed by atoms with Gasteiger partial charge in [0.2, 0.25) is 11.8 Å². The normalized spacial score (nSPS) is 21.5. The van der Waals surface area contributed by atoms with E-state index in [1.54, 1.807) is 7.05 Å². The van der Waals surface area contributed by atoms with Crippen LogP contribution in [0.3, 0.4) is 0 Å². The monoisotopic (exact) mass is 396 g/mol. The Morgan fingerprint density at radius 1 is 1.25 bits per heavy atom. The predicted octanol–water partition coefficient (Wildman–Crippen LogP) is 1.63. The highest BCUT2D eigenvalue weighted by molar-refractivity contribution is 9.10. The maximum atomic E-state index is 12.5. The summed E-state index contributed by atoms with van der Waals surface area (Å²) in [4.78, 5) is 24.4. The van der Waals surface area contributed by atoms with Crippen LogP contribution in [0.15, 0.2) is 28.7 Å². The van der Waals surface area contributed by atoms with Crippen molar-refractivity contribution in [2.45, 2.75) is 44.8 Å². The summed E-state index contributed by atoms with van der Waals surface area (Å²) in [7, 11) is 1.58. The second-order valence-corrected chi connectivity index (χ2v) is 7.40. The van der Waals surface area contributed by atoms with Gasteiger partial charge in [-0.25, -0.2) is 10.9 Å². The topological polar surface area (TPSA) is 82.3 Å². The Hall–Kier alpha value is -1.44. The Labute approximate surface area is 151 Å². The molecule has 2 rings (SSSR count). The summed E-state index contributed by atoms with van der Waals surface area (Å²) >= 11 is 3.42. The van der Waals surface area contributed by atoms with Gasteiger partial charge in [0.1, 0.15) is 12.1 Å². The third kappa shape index (κ3) is 5.03. The fourth-order valence-electron chi connectivity index (χ4n) is 2.79. The number of hydrogen-bond donors (Lipinski definition) is 4. The maximum absolute atomic E-state index is 12.5. The van der Waals surface area contributed by atoms with Crippen molar-refractivity contribution < 1.29 is 9.59 Å². The third-order valence-corrected chi connectivity index (χ3v) is 4.61. The minimum Gasteiger partial charge on any atom is -0.357 e.